The van der Waals surface area contributed by atoms with Crippen LogP contribution in [-0.4, -0.2) is 27.1 Å². The number of pyridine rings is 1. The van der Waals surface area contributed by atoms with E-state index in [1.165, 1.54) is 0 Å². The fourth-order valence-corrected chi connectivity index (χ4v) is 4.15. The molecule has 0 atom stereocenters. The van der Waals surface area contributed by atoms with Gasteiger partial charge in [-0.1, -0.05) is 60.7 Å². The molecule has 5 heteroatoms. The van der Waals surface area contributed by atoms with Crippen LogP contribution in [0, 0.1) is 13.8 Å². The molecule has 34 heavy (non-hydrogen) atoms. The molecule has 0 saturated heterocycles. The number of esters is 1. The summed E-state index contributed by atoms with van der Waals surface area (Å²) < 4.78 is 7.62. The van der Waals surface area contributed by atoms with Gasteiger partial charge >= 0.3 is 5.97 Å². The van der Waals surface area contributed by atoms with E-state index in [1.54, 1.807) is 12.1 Å². The van der Waals surface area contributed by atoms with Crippen molar-refractivity contribution in [1.29, 1.82) is 0 Å². The molecule has 0 fully saturated rings. The first kappa shape index (κ1) is 21.6. The Labute approximate surface area is 198 Å². The lowest BCUT2D eigenvalue weighted by Crippen LogP contribution is -2.08. The number of nitrogens with zero attached hydrogens (tertiary/aromatic N) is 3. The van der Waals surface area contributed by atoms with Gasteiger partial charge in [-0.3, -0.25) is 9.55 Å². The second-order valence-corrected chi connectivity index (χ2v) is 8.27. The molecule has 168 valence electrons. The molecule has 0 amide bonds. The number of rotatable bonds is 6. The molecule has 3 aromatic carbocycles. The highest BCUT2D eigenvalue weighted by Crippen LogP contribution is 2.30. The van der Waals surface area contributed by atoms with Crippen molar-refractivity contribution in [3.05, 3.63) is 114 Å². The zero-order valence-corrected chi connectivity index (χ0v) is 19.2. The van der Waals surface area contributed by atoms with Crippen molar-refractivity contribution in [1.82, 2.24) is 14.5 Å². The fourth-order valence-electron chi connectivity index (χ4n) is 4.15. The largest absolute Gasteiger partial charge is 0.462 e. The van der Waals surface area contributed by atoms with E-state index in [4.69, 9.17) is 9.72 Å². The molecule has 0 bridgehead atoms. The highest BCUT2D eigenvalue weighted by atomic mass is 16.5. The summed E-state index contributed by atoms with van der Waals surface area (Å²) in [7, 11) is 0. The van der Waals surface area contributed by atoms with Gasteiger partial charge in [0.15, 0.2) is 0 Å². The molecule has 2 aromatic heterocycles. The zero-order chi connectivity index (χ0) is 23.5. The third kappa shape index (κ3) is 4.33. The Bertz CT molecular complexity index is 1440. The summed E-state index contributed by atoms with van der Waals surface area (Å²) in [5, 5.41) is 0. The molecule has 0 aliphatic carbocycles. The van der Waals surface area contributed by atoms with Gasteiger partial charge in [-0.05, 0) is 49.7 Å². The third-order valence-electron chi connectivity index (χ3n) is 5.81. The van der Waals surface area contributed by atoms with Crippen LogP contribution in [0.1, 0.15) is 27.3 Å². The minimum atomic E-state index is -0.297. The van der Waals surface area contributed by atoms with E-state index >= 15 is 0 Å². The Hall–Kier alpha value is -4.25. The maximum absolute atomic E-state index is 12.2. The predicted octanol–water partition coefficient (Wildman–Crippen LogP) is 6.10. The highest BCUT2D eigenvalue weighted by Gasteiger charge is 2.17. The maximum Gasteiger partial charge on any atom is 0.338 e. The average Bonchev–Trinajstić information content (AvgIpc) is 3.25. The van der Waals surface area contributed by atoms with Crippen molar-refractivity contribution >= 4 is 17.0 Å². The first-order chi connectivity index (χ1) is 16.6. The van der Waals surface area contributed by atoms with Gasteiger partial charge in [0.1, 0.15) is 11.3 Å². The Morgan fingerprint density at radius 3 is 2.24 bits per heavy atom. The second kappa shape index (κ2) is 9.32. The van der Waals surface area contributed by atoms with Gasteiger partial charge < -0.3 is 4.74 Å². The van der Waals surface area contributed by atoms with Crippen LogP contribution in [0.3, 0.4) is 0 Å². The predicted molar refractivity (Wildman–Crippen MR) is 134 cm³/mol. The van der Waals surface area contributed by atoms with Gasteiger partial charge in [0, 0.05) is 23.4 Å². The van der Waals surface area contributed by atoms with Gasteiger partial charge in [0.05, 0.1) is 23.4 Å². The van der Waals surface area contributed by atoms with Crippen molar-refractivity contribution in [2.45, 2.75) is 20.3 Å². The fraction of sp³-hybridized carbons (Fsp3) is 0.138. The molecule has 0 radical (unpaired) electrons. The Morgan fingerprint density at radius 2 is 1.53 bits per heavy atom. The number of ether oxygens (including phenoxy) is 1. The molecule has 5 nitrogen and oxygen atoms in total. The number of aromatic nitrogens is 3. The smallest absolute Gasteiger partial charge is 0.338 e. The first-order valence-electron chi connectivity index (χ1n) is 11.3. The van der Waals surface area contributed by atoms with Crippen LogP contribution < -0.4 is 0 Å². The number of hydrogen-bond acceptors (Lipinski definition) is 4. The minimum absolute atomic E-state index is 0.297. The molecule has 0 spiro atoms. The molecule has 2 heterocycles. The van der Waals surface area contributed by atoms with E-state index in [0.717, 1.165) is 45.1 Å². The van der Waals surface area contributed by atoms with Crippen LogP contribution in [0.25, 0.3) is 28.1 Å². The number of benzene rings is 3. The highest BCUT2D eigenvalue weighted by molar-refractivity contribution is 5.89. The van der Waals surface area contributed by atoms with Crippen LogP contribution in [0.2, 0.25) is 0 Å². The number of aryl methyl sites for hydroxylation is 2. The lowest BCUT2D eigenvalue weighted by molar-refractivity contribution is 0.0509. The van der Waals surface area contributed by atoms with Crippen molar-refractivity contribution in [2.24, 2.45) is 0 Å². The van der Waals surface area contributed by atoms with E-state index in [0.29, 0.717) is 18.6 Å². The van der Waals surface area contributed by atoms with E-state index in [-0.39, 0.29) is 5.97 Å². The topological polar surface area (TPSA) is 57.0 Å². The number of imidazole rings is 1. The minimum Gasteiger partial charge on any atom is -0.462 e. The van der Waals surface area contributed by atoms with Gasteiger partial charge in [0.25, 0.3) is 0 Å². The molecule has 0 aliphatic rings. The first-order valence-corrected chi connectivity index (χ1v) is 11.3. The van der Waals surface area contributed by atoms with E-state index in [2.05, 4.69) is 52.0 Å². The van der Waals surface area contributed by atoms with Crippen molar-refractivity contribution in [3.63, 3.8) is 0 Å². The van der Waals surface area contributed by atoms with Gasteiger partial charge in [-0.15, -0.1) is 0 Å². The van der Waals surface area contributed by atoms with Crippen molar-refractivity contribution in [2.75, 3.05) is 6.61 Å². The summed E-state index contributed by atoms with van der Waals surface area (Å²) in [6.07, 6.45) is 0.650. The van der Waals surface area contributed by atoms with Crippen LogP contribution >= 0.6 is 0 Å². The summed E-state index contributed by atoms with van der Waals surface area (Å²) in [6, 6.07) is 29.7. The van der Waals surface area contributed by atoms with Crippen LogP contribution in [0.15, 0.2) is 91.0 Å². The summed E-state index contributed by atoms with van der Waals surface area (Å²) >= 11 is 0. The maximum atomic E-state index is 12.2. The molecule has 0 N–H and O–H groups in total. The van der Waals surface area contributed by atoms with Crippen LogP contribution in [-0.2, 0) is 11.2 Å². The van der Waals surface area contributed by atoms with E-state index in [1.807, 2.05) is 50.2 Å². The Kier molecular flexibility index (Phi) is 5.91. The Balaban J connectivity index is 1.42. The van der Waals surface area contributed by atoms with E-state index < -0.39 is 0 Å². The van der Waals surface area contributed by atoms with Gasteiger partial charge in [0.2, 0.25) is 0 Å². The standard InChI is InChI=1S/C29H25N3O2/c1-20-19-26-27(21(2)30-20)31-28(23-9-5-3-6-10-23)32(26)25-15-13-22(14-16-25)17-18-34-29(33)24-11-7-4-8-12-24/h3-16,19H,17-18H2,1-2H3. The molecule has 0 aliphatic heterocycles. The van der Waals surface area contributed by atoms with Crippen molar-refractivity contribution in [3.8, 4) is 17.1 Å². The molecule has 5 rings (SSSR count). The van der Waals surface area contributed by atoms with Crippen LogP contribution in [0.4, 0.5) is 0 Å². The average molecular weight is 448 g/mol. The Morgan fingerprint density at radius 1 is 0.853 bits per heavy atom. The summed E-state index contributed by atoms with van der Waals surface area (Å²) in [5.41, 5.74) is 7.56. The third-order valence-corrected chi connectivity index (χ3v) is 5.81. The number of carbonyl (C=O) groups is 1. The van der Waals surface area contributed by atoms with E-state index in [9.17, 15) is 4.79 Å². The molecular formula is C29H25N3O2. The number of carbonyl (C=O) groups excluding carboxylic acids is 1. The van der Waals surface area contributed by atoms with Gasteiger partial charge in [-0.25, -0.2) is 9.78 Å². The lowest BCUT2D eigenvalue weighted by atomic mass is 10.1. The SMILES string of the molecule is Cc1cc2c(nc(-c3ccccc3)n2-c2ccc(CCOC(=O)c3ccccc3)cc2)c(C)n1. The normalized spacial score (nSPS) is 11.0. The van der Waals surface area contributed by atoms with Crippen LogP contribution in [0.5, 0.6) is 0 Å². The molecule has 5 aromatic rings. The molecule has 0 unspecified atom stereocenters. The zero-order valence-electron chi connectivity index (χ0n) is 19.2. The monoisotopic (exact) mass is 447 g/mol. The summed E-state index contributed by atoms with van der Waals surface area (Å²) in [5.74, 6) is 0.588. The second-order valence-electron chi connectivity index (χ2n) is 8.27. The van der Waals surface area contributed by atoms with Gasteiger partial charge in [-0.2, -0.15) is 0 Å². The van der Waals surface area contributed by atoms with Crippen molar-refractivity contribution < 1.29 is 9.53 Å². The number of fused-ring (bicyclic) bond motifs is 1. The summed E-state index contributed by atoms with van der Waals surface area (Å²) in [6.45, 7) is 4.34. The molecular weight excluding hydrogens is 422 g/mol. The summed E-state index contributed by atoms with van der Waals surface area (Å²) in [4.78, 5) is 21.7. The lowest BCUT2D eigenvalue weighted by Gasteiger charge is -2.11. The molecule has 0 saturated carbocycles. The number of hydrogen-bond donors (Lipinski definition) is 0. The quantitative estimate of drug-likeness (QED) is 0.295.